The molecule has 7 nitrogen and oxygen atoms in total. The lowest BCUT2D eigenvalue weighted by atomic mass is 10.2. The van der Waals surface area contributed by atoms with E-state index >= 15 is 0 Å². The number of aryl methyl sites for hydroxylation is 1. The van der Waals surface area contributed by atoms with Gasteiger partial charge in [-0.3, -0.25) is 0 Å². The molecular formula is C21H33N7S. The lowest BCUT2D eigenvalue weighted by Gasteiger charge is -2.32. The van der Waals surface area contributed by atoms with Crippen LogP contribution in [-0.4, -0.2) is 84.2 Å². The van der Waals surface area contributed by atoms with E-state index in [1.807, 2.05) is 0 Å². The van der Waals surface area contributed by atoms with E-state index in [1.165, 1.54) is 32.5 Å². The molecule has 4 heterocycles. The Balaban J connectivity index is 1.41. The van der Waals surface area contributed by atoms with Crippen molar-refractivity contribution in [1.82, 2.24) is 24.8 Å². The van der Waals surface area contributed by atoms with Gasteiger partial charge in [-0.05, 0) is 59.8 Å². The van der Waals surface area contributed by atoms with Crippen molar-refractivity contribution in [3.05, 3.63) is 16.6 Å². The van der Waals surface area contributed by atoms with Gasteiger partial charge in [0.1, 0.15) is 11.5 Å². The van der Waals surface area contributed by atoms with Gasteiger partial charge in [-0.15, -0.1) is 11.3 Å². The fourth-order valence-corrected chi connectivity index (χ4v) is 4.80. The van der Waals surface area contributed by atoms with Gasteiger partial charge in [0.25, 0.3) is 0 Å². The van der Waals surface area contributed by atoms with Gasteiger partial charge >= 0.3 is 0 Å². The molecule has 2 saturated heterocycles. The van der Waals surface area contributed by atoms with Crippen LogP contribution in [0, 0.1) is 13.8 Å². The predicted molar refractivity (Wildman–Crippen MR) is 121 cm³/mol. The monoisotopic (exact) mass is 415 g/mol. The lowest BCUT2D eigenvalue weighted by Crippen LogP contribution is -2.44. The molecule has 0 aromatic carbocycles. The molecule has 0 unspecified atom stereocenters. The average Bonchev–Trinajstić information content (AvgIpc) is 3.41. The first-order valence-corrected chi connectivity index (χ1v) is 11.7. The molecule has 2 fully saturated rings. The Morgan fingerprint density at radius 2 is 1.76 bits per heavy atom. The molecule has 4 rings (SSSR count). The van der Waals surface area contributed by atoms with Gasteiger partial charge in [-0.1, -0.05) is 0 Å². The molecule has 29 heavy (non-hydrogen) atoms. The highest BCUT2D eigenvalue weighted by Crippen LogP contribution is 2.28. The summed E-state index contributed by atoms with van der Waals surface area (Å²) in [5.41, 5.74) is 3.03. The van der Waals surface area contributed by atoms with Gasteiger partial charge in [0.15, 0.2) is 11.0 Å². The Bertz CT molecular complexity index is 807. The molecule has 0 aliphatic carbocycles. The third-order valence-electron chi connectivity index (χ3n) is 6.03. The minimum Gasteiger partial charge on any atom is -0.370 e. The van der Waals surface area contributed by atoms with Crippen molar-refractivity contribution >= 4 is 22.3 Å². The summed E-state index contributed by atoms with van der Waals surface area (Å²) in [6.45, 7) is 13.0. The summed E-state index contributed by atoms with van der Waals surface area (Å²) in [6.07, 6.45) is 3.84. The van der Waals surface area contributed by atoms with E-state index < -0.39 is 0 Å². The van der Waals surface area contributed by atoms with E-state index in [4.69, 9.17) is 15.0 Å². The molecular weight excluding hydrogens is 382 g/mol. The Hall–Kier alpha value is -1.77. The Morgan fingerprint density at radius 1 is 1.00 bits per heavy atom. The molecule has 0 spiro atoms. The maximum absolute atomic E-state index is 4.86. The van der Waals surface area contributed by atoms with Crippen LogP contribution in [0.4, 0.5) is 10.9 Å². The summed E-state index contributed by atoms with van der Waals surface area (Å²) in [7, 11) is 2.17. The number of thiazole rings is 1. The van der Waals surface area contributed by atoms with Crippen LogP contribution in [0.5, 0.6) is 0 Å². The smallest absolute Gasteiger partial charge is 0.186 e. The number of likely N-dealkylation sites (N-methyl/N-ethyl adjacent to an activating group) is 1. The van der Waals surface area contributed by atoms with E-state index in [0.717, 1.165) is 72.9 Å². The maximum Gasteiger partial charge on any atom is 0.186 e. The third-order valence-corrected chi connectivity index (χ3v) is 6.93. The summed E-state index contributed by atoms with van der Waals surface area (Å²) in [5.74, 6) is 1.68. The number of aromatic nitrogens is 3. The summed E-state index contributed by atoms with van der Waals surface area (Å²) in [4.78, 5) is 21.7. The Kier molecular flexibility index (Phi) is 6.62. The van der Waals surface area contributed by atoms with Crippen LogP contribution >= 0.6 is 11.3 Å². The molecule has 0 atom stereocenters. The van der Waals surface area contributed by atoms with Gasteiger partial charge < -0.3 is 20.0 Å². The van der Waals surface area contributed by atoms with Crippen LogP contribution < -0.4 is 10.2 Å². The van der Waals surface area contributed by atoms with E-state index in [1.54, 1.807) is 11.3 Å². The minimum absolute atomic E-state index is 0.728. The third kappa shape index (κ3) is 5.05. The Morgan fingerprint density at radius 3 is 2.52 bits per heavy atom. The van der Waals surface area contributed by atoms with E-state index in [2.05, 4.69) is 46.3 Å². The van der Waals surface area contributed by atoms with Crippen LogP contribution in [-0.2, 0) is 0 Å². The zero-order valence-corrected chi connectivity index (χ0v) is 18.8. The van der Waals surface area contributed by atoms with Crippen LogP contribution in [0.25, 0.3) is 11.5 Å². The van der Waals surface area contributed by atoms with E-state index in [-0.39, 0.29) is 0 Å². The molecule has 0 radical (unpaired) electrons. The van der Waals surface area contributed by atoms with Crippen LogP contribution in [0.3, 0.4) is 0 Å². The molecule has 2 aromatic heterocycles. The van der Waals surface area contributed by atoms with Crippen molar-refractivity contribution < 1.29 is 0 Å². The van der Waals surface area contributed by atoms with Crippen molar-refractivity contribution in [1.29, 1.82) is 0 Å². The standard InChI is InChI=1S/C21H33N7S/c1-16-17(2)23-20(25-19(16)22-7-6-10-27-8-4-5-9-27)18-15-29-21(24-18)28-13-11-26(3)12-14-28/h15H,4-14H2,1-3H3,(H,22,23,25). The molecule has 0 amide bonds. The van der Waals surface area contributed by atoms with Crippen LogP contribution in [0.15, 0.2) is 5.38 Å². The van der Waals surface area contributed by atoms with Crippen molar-refractivity contribution in [3.63, 3.8) is 0 Å². The summed E-state index contributed by atoms with van der Waals surface area (Å²) < 4.78 is 0. The number of nitrogens with zero attached hydrogens (tertiary/aromatic N) is 6. The van der Waals surface area contributed by atoms with Crippen LogP contribution in [0.2, 0.25) is 0 Å². The predicted octanol–water partition coefficient (Wildman–Crippen LogP) is 2.87. The van der Waals surface area contributed by atoms with Gasteiger partial charge in [-0.25, -0.2) is 15.0 Å². The molecule has 2 aliphatic rings. The van der Waals surface area contributed by atoms with Gasteiger partial charge in [0.05, 0.1) is 0 Å². The Labute approximate surface area is 178 Å². The zero-order chi connectivity index (χ0) is 20.2. The molecule has 2 aliphatic heterocycles. The average molecular weight is 416 g/mol. The minimum atomic E-state index is 0.728. The first-order valence-electron chi connectivity index (χ1n) is 10.8. The summed E-state index contributed by atoms with van der Waals surface area (Å²) >= 11 is 1.69. The second-order valence-corrected chi connectivity index (χ2v) is 9.08. The number of likely N-dealkylation sites (tertiary alicyclic amines) is 1. The summed E-state index contributed by atoms with van der Waals surface area (Å²) in [6, 6.07) is 0. The molecule has 2 aromatic rings. The molecule has 158 valence electrons. The second-order valence-electron chi connectivity index (χ2n) is 8.24. The largest absolute Gasteiger partial charge is 0.370 e. The molecule has 0 saturated carbocycles. The maximum atomic E-state index is 4.86. The fourth-order valence-electron chi connectivity index (χ4n) is 3.94. The van der Waals surface area contributed by atoms with Crippen molar-refractivity contribution in [3.8, 4) is 11.5 Å². The van der Waals surface area contributed by atoms with Gasteiger partial charge in [0.2, 0.25) is 0 Å². The lowest BCUT2D eigenvalue weighted by molar-refractivity contribution is 0.313. The normalized spacial score (nSPS) is 18.5. The zero-order valence-electron chi connectivity index (χ0n) is 17.9. The highest BCUT2D eigenvalue weighted by Gasteiger charge is 2.19. The van der Waals surface area contributed by atoms with Gasteiger partial charge in [-0.2, -0.15) is 0 Å². The molecule has 8 heteroatoms. The van der Waals surface area contributed by atoms with Crippen molar-refractivity contribution in [2.75, 3.05) is 69.6 Å². The van der Waals surface area contributed by atoms with Crippen LogP contribution in [0.1, 0.15) is 30.5 Å². The highest BCUT2D eigenvalue weighted by atomic mass is 32.1. The first-order chi connectivity index (χ1) is 14.1. The highest BCUT2D eigenvalue weighted by molar-refractivity contribution is 7.14. The number of hydrogen-bond acceptors (Lipinski definition) is 8. The molecule has 0 bridgehead atoms. The SMILES string of the molecule is Cc1nc(-c2csc(N3CCN(C)CC3)n2)nc(NCCCN2CCCC2)c1C. The van der Waals surface area contributed by atoms with Crippen molar-refractivity contribution in [2.24, 2.45) is 0 Å². The second kappa shape index (κ2) is 9.36. The van der Waals surface area contributed by atoms with E-state index in [9.17, 15) is 0 Å². The number of hydrogen-bond donors (Lipinski definition) is 1. The first kappa shape index (κ1) is 20.5. The molecule has 1 N–H and O–H groups in total. The number of anilines is 2. The topological polar surface area (TPSA) is 60.4 Å². The van der Waals surface area contributed by atoms with Gasteiger partial charge in [0, 0.05) is 49.4 Å². The fraction of sp³-hybridized carbons (Fsp3) is 0.667. The summed E-state index contributed by atoms with van der Waals surface area (Å²) in [5, 5.41) is 6.72. The quantitative estimate of drug-likeness (QED) is 0.698. The van der Waals surface area contributed by atoms with Crippen molar-refractivity contribution in [2.45, 2.75) is 33.1 Å². The van der Waals surface area contributed by atoms with E-state index in [0.29, 0.717) is 0 Å². The number of piperazine rings is 1. The number of rotatable bonds is 7. The number of nitrogens with one attached hydrogen (secondary N) is 1.